The highest BCUT2D eigenvalue weighted by atomic mass is 15.2. The molecule has 506 valence electrons. The molecule has 2 aliphatic heterocycles. The molecule has 11 aromatic carbocycles. The molecule has 0 unspecified atom stereocenters. The molecule has 0 amide bonds. The zero-order chi connectivity index (χ0) is 68.7. The standard InChI is InChI=1S/C96H104BN3/c1-9-14-18-26-38-69-51-56-87-83(60-69)84-61-70(39-27-19-15-10-2)52-57-88(84)98(87)78-53-55-86-90(67-78)100(95-81(75-46-34-24-35-47-75)65-77(96(6,7)8)66-82(95)76-48-36-25-37-49-76)92-64-72(41-29-21-17-12-4)63-91-93(92)97(86)85-54-50-71(40-28-20-16-11-3)62-89(85)99(91)94-79(73-42-30-22-31-43-73)58-68(13-5)59-80(94)74-44-32-23-33-45-74/h22-25,30-37,42-67H,9-21,26-29,38-41H2,1-8H3. The summed E-state index contributed by atoms with van der Waals surface area (Å²) in [4.78, 5) is 5.60. The predicted molar refractivity (Wildman–Crippen MR) is 436 cm³/mol. The number of anilines is 6. The number of benzene rings is 11. The fraction of sp³-hybridized carbons (Fsp3) is 0.312. The molecule has 0 radical (unpaired) electrons. The van der Waals surface area contributed by atoms with Crippen molar-refractivity contribution in [2.24, 2.45) is 0 Å². The number of aromatic nitrogens is 1. The van der Waals surface area contributed by atoms with E-state index in [1.807, 2.05) is 0 Å². The van der Waals surface area contributed by atoms with E-state index in [-0.39, 0.29) is 12.1 Å². The summed E-state index contributed by atoms with van der Waals surface area (Å²) >= 11 is 0. The number of hydrogen-bond acceptors (Lipinski definition) is 2. The minimum absolute atomic E-state index is 0.104. The zero-order valence-electron chi connectivity index (χ0n) is 61.2. The molecule has 4 heteroatoms. The number of fused-ring (bicyclic) bond motifs is 7. The molecule has 0 spiro atoms. The fourth-order valence-corrected chi connectivity index (χ4v) is 16.5. The van der Waals surface area contributed by atoms with Crippen molar-refractivity contribution < 1.29 is 0 Å². The van der Waals surface area contributed by atoms with Crippen LogP contribution in [0.2, 0.25) is 0 Å². The van der Waals surface area contributed by atoms with Crippen molar-refractivity contribution in [1.29, 1.82) is 0 Å². The molecule has 0 saturated carbocycles. The first-order valence-electron chi connectivity index (χ1n) is 38.7. The van der Waals surface area contributed by atoms with Crippen molar-refractivity contribution in [3.63, 3.8) is 0 Å². The number of rotatable bonds is 28. The molecule has 14 rings (SSSR count). The van der Waals surface area contributed by atoms with Gasteiger partial charge in [0.1, 0.15) is 0 Å². The third-order valence-corrected chi connectivity index (χ3v) is 21.9. The van der Waals surface area contributed by atoms with Crippen molar-refractivity contribution in [3.8, 4) is 50.2 Å². The van der Waals surface area contributed by atoms with Gasteiger partial charge in [-0.2, -0.15) is 0 Å². The number of aryl methyl sites for hydroxylation is 5. The second kappa shape index (κ2) is 30.8. The third-order valence-electron chi connectivity index (χ3n) is 21.9. The van der Waals surface area contributed by atoms with Gasteiger partial charge in [0.05, 0.1) is 22.4 Å². The lowest BCUT2D eigenvalue weighted by molar-refractivity contribution is 0.591. The van der Waals surface area contributed by atoms with Crippen molar-refractivity contribution in [2.45, 2.75) is 196 Å². The first-order chi connectivity index (χ1) is 49.1. The second-order valence-corrected chi connectivity index (χ2v) is 30.1. The fourth-order valence-electron chi connectivity index (χ4n) is 16.5. The maximum Gasteiger partial charge on any atom is 0.252 e. The highest BCUT2D eigenvalue weighted by Crippen LogP contribution is 2.55. The Bertz CT molecular complexity index is 4610. The minimum atomic E-state index is -0.151. The van der Waals surface area contributed by atoms with Crippen molar-refractivity contribution in [2.75, 3.05) is 9.80 Å². The Morgan fingerprint density at radius 2 is 0.670 bits per heavy atom. The molecule has 0 aliphatic carbocycles. The third kappa shape index (κ3) is 13.8. The largest absolute Gasteiger partial charge is 0.310 e. The first-order valence-corrected chi connectivity index (χ1v) is 38.7. The molecule has 2 aliphatic rings. The minimum Gasteiger partial charge on any atom is -0.310 e. The molecule has 0 bridgehead atoms. The maximum absolute atomic E-state index is 2.80. The first kappa shape index (κ1) is 68.0. The quantitative estimate of drug-likeness (QED) is 0.0358. The molecule has 3 nitrogen and oxygen atoms in total. The van der Waals surface area contributed by atoms with Crippen molar-refractivity contribution in [1.82, 2.24) is 4.57 Å². The summed E-state index contributed by atoms with van der Waals surface area (Å²) in [7, 11) is 0. The molecule has 12 aromatic rings. The Balaban J connectivity index is 1.12. The van der Waals surface area contributed by atoms with Gasteiger partial charge in [-0.05, 0) is 214 Å². The van der Waals surface area contributed by atoms with Gasteiger partial charge in [-0.15, -0.1) is 0 Å². The van der Waals surface area contributed by atoms with Crippen LogP contribution in [0.15, 0.2) is 231 Å². The number of hydrogen-bond donors (Lipinski definition) is 0. The van der Waals surface area contributed by atoms with Crippen LogP contribution in [0.4, 0.5) is 34.1 Å². The molecule has 100 heavy (non-hydrogen) atoms. The van der Waals surface area contributed by atoms with Gasteiger partial charge >= 0.3 is 0 Å². The topological polar surface area (TPSA) is 11.4 Å². The summed E-state index contributed by atoms with van der Waals surface area (Å²) in [5.41, 5.74) is 33.2. The average molecular weight is 1310 g/mol. The Hall–Kier alpha value is -9.12. The van der Waals surface area contributed by atoms with Crippen LogP contribution in [-0.4, -0.2) is 11.3 Å². The van der Waals surface area contributed by atoms with Gasteiger partial charge in [-0.3, -0.25) is 0 Å². The summed E-state index contributed by atoms with van der Waals surface area (Å²) in [6.45, 7) is 18.7. The Kier molecular flexibility index (Phi) is 20.9. The smallest absolute Gasteiger partial charge is 0.252 e. The lowest BCUT2D eigenvalue weighted by Crippen LogP contribution is -2.61. The van der Waals surface area contributed by atoms with Crippen LogP contribution >= 0.6 is 0 Å². The highest BCUT2D eigenvalue weighted by Gasteiger charge is 2.46. The molecular weight excluding hydrogens is 1210 g/mol. The van der Waals surface area contributed by atoms with E-state index in [1.54, 1.807) is 0 Å². The maximum atomic E-state index is 2.80. The van der Waals surface area contributed by atoms with E-state index in [9.17, 15) is 0 Å². The van der Waals surface area contributed by atoms with Gasteiger partial charge in [0.2, 0.25) is 0 Å². The van der Waals surface area contributed by atoms with E-state index in [2.05, 4.69) is 300 Å². The Morgan fingerprint density at radius 3 is 1.07 bits per heavy atom. The van der Waals surface area contributed by atoms with Gasteiger partial charge in [0.15, 0.2) is 0 Å². The monoisotopic (exact) mass is 1310 g/mol. The van der Waals surface area contributed by atoms with Gasteiger partial charge in [0, 0.05) is 61.5 Å². The zero-order valence-corrected chi connectivity index (χ0v) is 61.2. The Morgan fingerprint density at radius 1 is 0.310 bits per heavy atom. The molecule has 0 saturated heterocycles. The van der Waals surface area contributed by atoms with Crippen LogP contribution in [0.5, 0.6) is 0 Å². The van der Waals surface area contributed by atoms with Gasteiger partial charge in [-0.1, -0.05) is 284 Å². The van der Waals surface area contributed by atoms with Crippen LogP contribution in [0.3, 0.4) is 0 Å². The van der Waals surface area contributed by atoms with E-state index < -0.39 is 0 Å². The lowest BCUT2D eigenvalue weighted by atomic mass is 9.33. The molecular formula is C96H104BN3. The molecule has 0 fully saturated rings. The summed E-state index contributed by atoms with van der Waals surface area (Å²) in [5.74, 6) is 0. The van der Waals surface area contributed by atoms with Crippen LogP contribution < -0.4 is 26.2 Å². The molecule has 0 atom stereocenters. The highest BCUT2D eigenvalue weighted by molar-refractivity contribution is 7.00. The average Bonchev–Trinajstić information content (AvgIpc) is 0.751. The van der Waals surface area contributed by atoms with Crippen LogP contribution in [-0.2, 0) is 37.5 Å². The van der Waals surface area contributed by atoms with Crippen LogP contribution in [0, 0.1) is 0 Å². The van der Waals surface area contributed by atoms with E-state index >= 15 is 0 Å². The number of nitrogens with zero attached hydrogens (tertiary/aromatic N) is 3. The predicted octanol–water partition coefficient (Wildman–Crippen LogP) is 25.9. The second-order valence-electron chi connectivity index (χ2n) is 30.1. The summed E-state index contributed by atoms with van der Waals surface area (Å²) in [6, 6.07) is 91.2. The Labute approximate surface area is 599 Å². The summed E-state index contributed by atoms with van der Waals surface area (Å²) in [6.07, 6.45) is 24.7. The molecule has 1 aromatic heterocycles. The SMILES string of the molecule is CCCCCCc1ccc2c(c1)N(c1c(-c3ccccc3)cc(CC)cc1-c1ccccc1)c1cc(CCCCCC)cc3c1B2c1ccc(-n2c4ccc(CCCCCC)cc4c4cc(CCCCCC)ccc42)cc1N3c1c(-c2ccccc2)cc(C(C)(C)C)cc1-c1ccccc1. The van der Waals surface area contributed by atoms with Gasteiger partial charge in [-0.25, -0.2) is 0 Å². The van der Waals surface area contributed by atoms with Crippen molar-refractivity contribution >= 4 is 79.0 Å². The van der Waals surface area contributed by atoms with E-state index in [0.717, 1.165) is 38.5 Å². The molecule has 3 heterocycles. The van der Waals surface area contributed by atoms with Crippen LogP contribution in [0.1, 0.15) is 192 Å². The van der Waals surface area contributed by atoms with Crippen LogP contribution in [0.25, 0.3) is 72.0 Å². The van der Waals surface area contributed by atoms with Gasteiger partial charge < -0.3 is 14.4 Å². The molecule has 0 N–H and O–H groups in total. The number of unbranched alkanes of at least 4 members (excludes halogenated alkanes) is 12. The van der Waals surface area contributed by atoms with Crippen molar-refractivity contribution in [3.05, 3.63) is 264 Å². The summed E-state index contributed by atoms with van der Waals surface area (Å²) < 4.78 is 2.63. The van der Waals surface area contributed by atoms with E-state index in [0.29, 0.717) is 0 Å². The summed E-state index contributed by atoms with van der Waals surface area (Å²) in [5, 5.41) is 2.71. The van der Waals surface area contributed by atoms with E-state index in [4.69, 9.17) is 0 Å². The lowest BCUT2D eigenvalue weighted by Gasteiger charge is -2.46. The van der Waals surface area contributed by atoms with Gasteiger partial charge in [0.25, 0.3) is 6.71 Å². The van der Waals surface area contributed by atoms with E-state index in [1.165, 1.54) is 252 Å². The normalized spacial score (nSPS) is 12.6.